The third-order valence-electron chi connectivity index (χ3n) is 5.11. The zero-order chi connectivity index (χ0) is 24.3. The maximum atomic E-state index is 10.6. The van der Waals surface area contributed by atoms with Crippen molar-refractivity contribution < 1.29 is 42.5 Å². The summed E-state index contributed by atoms with van der Waals surface area (Å²) in [6, 6.07) is 6.12. The Morgan fingerprint density at radius 1 is 0.971 bits per heavy atom. The molecule has 10 heteroatoms. The van der Waals surface area contributed by atoms with Gasteiger partial charge >= 0.3 is 29.6 Å². The van der Waals surface area contributed by atoms with E-state index in [1.165, 1.54) is 31.5 Å². The number of rotatable bonds is 12. The molecule has 0 saturated carbocycles. The van der Waals surface area contributed by atoms with E-state index < -0.39 is 10.1 Å². The first-order chi connectivity index (χ1) is 14.6. The normalized spacial score (nSPS) is 11.5. The molecule has 0 aliphatic rings. The van der Waals surface area contributed by atoms with Crippen molar-refractivity contribution in [2.24, 2.45) is 17.4 Å². The van der Waals surface area contributed by atoms with Gasteiger partial charge in [0.15, 0.2) is 0 Å². The van der Waals surface area contributed by atoms with Crippen LogP contribution in [0.4, 0.5) is 0 Å². The van der Waals surface area contributed by atoms with Crippen molar-refractivity contribution >= 4 is 22.5 Å². The van der Waals surface area contributed by atoms with Crippen molar-refractivity contribution in [3.8, 4) is 0 Å². The van der Waals surface area contributed by atoms with Crippen LogP contribution in [0.25, 0.3) is 0 Å². The second kappa shape index (κ2) is 30.5. The minimum Gasteiger partial charge on any atom is -0.744 e. The number of hydrogen-bond donors (Lipinski definition) is 3. The van der Waals surface area contributed by atoms with Gasteiger partial charge in [-0.15, -0.1) is 12.4 Å². The molecule has 2 unspecified atom stereocenters. The quantitative estimate of drug-likeness (QED) is 0.267. The molecular formula is C25H56ClN4NaO3S. The van der Waals surface area contributed by atoms with Gasteiger partial charge in [-0.25, -0.2) is 8.42 Å². The SMILES string of the molecule is C.C.CCC(C)CN.CCC(C)c1ccc(S(=O)(=O)[O-])cc1.CCCN(CCN)CCNC.Cl.[Na+]. The molecule has 1 rings (SSSR count). The third kappa shape index (κ3) is 27.1. The van der Waals surface area contributed by atoms with E-state index in [0.29, 0.717) is 11.8 Å². The predicted octanol–water partition coefficient (Wildman–Crippen LogP) is 1.67. The summed E-state index contributed by atoms with van der Waals surface area (Å²) in [6.45, 7) is 16.6. The summed E-state index contributed by atoms with van der Waals surface area (Å²) in [5.74, 6) is 1.10. The molecule has 7 nitrogen and oxygen atoms in total. The summed E-state index contributed by atoms with van der Waals surface area (Å²) in [6.07, 6.45) is 3.41. The molecule has 1 aromatic rings. The molecule has 1 aromatic carbocycles. The van der Waals surface area contributed by atoms with Gasteiger partial charge in [0.2, 0.25) is 0 Å². The van der Waals surface area contributed by atoms with Gasteiger partial charge in [0.05, 0.1) is 4.90 Å². The Bertz CT molecular complexity index is 628. The van der Waals surface area contributed by atoms with Crippen LogP contribution < -0.4 is 46.3 Å². The first-order valence-electron chi connectivity index (χ1n) is 11.4. The molecule has 0 bridgehead atoms. The van der Waals surface area contributed by atoms with Gasteiger partial charge < -0.3 is 26.2 Å². The smallest absolute Gasteiger partial charge is 0.744 e. The average Bonchev–Trinajstić information content (AvgIpc) is 2.77. The van der Waals surface area contributed by atoms with Gasteiger partial charge in [-0.1, -0.05) is 68.0 Å². The number of nitrogens with two attached hydrogens (primary N) is 2. The second-order valence-electron chi connectivity index (χ2n) is 7.82. The predicted molar refractivity (Wildman–Crippen MR) is 152 cm³/mol. The van der Waals surface area contributed by atoms with Crippen LogP contribution >= 0.6 is 12.4 Å². The van der Waals surface area contributed by atoms with E-state index in [0.717, 1.165) is 44.7 Å². The van der Waals surface area contributed by atoms with Crippen molar-refractivity contribution in [2.75, 3.05) is 46.3 Å². The monoisotopic (exact) mass is 550 g/mol. The maximum absolute atomic E-state index is 10.6. The van der Waals surface area contributed by atoms with E-state index in [4.69, 9.17) is 11.5 Å². The summed E-state index contributed by atoms with van der Waals surface area (Å²) in [5, 5.41) is 3.13. The molecule has 0 spiro atoms. The van der Waals surface area contributed by atoms with Gasteiger partial charge in [-0.3, -0.25) is 0 Å². The van der Waals surface area contributed by atoms with Crippen LogP contribution in [0.3, 0.4) is 0 Å². The number of benzene rings is 1. The molecule has 35 heavy (non-hydrogen) atoms. The number of nitrogens with one attached hydrogen (secondary N) is 1. The van der Waals surface area contributed by atoms with Crippen LogP contribution in [0, 0.1) is 5.92 Å². The van der Waals surface area contributed by atoms with E-state index in [9.17, 15) is 13.0 Å². The Morgan fingerprint density at radius 2 is 1.49 bits per heavy atom. The molecule has 0 aliphatic carbocycles. The van der Waals surface area contributed by atoms with Crippen LogP contribution in [0.5, 0.6) is 0 Å². The summed E-state index contributed by atoms with van der Waals surface area (Å²) >= 11 is 0. The van der Waals surface area contributed by atoms with Crippen LogP contribution in [0.2, 0.25) is 0 Å². The zero-order valence-corrected chi connectivity index (χ0v) is 25.6. The molecule has 0 radical (unpaired) electrons. The van der Waals surface area contributed by atoms with Gasteiger partial charge in [0.25, 0.3) is 0 Å². The van der Waals surface area contributed by atoms with Crippen LogP contribution in [-0.4, -0.2) is 64.2 Å². The van der Waals surface area contributed by atoms with E-state index >= 15 is 0 Å². The Labute approximate surface area is 247 Å². The molecule has 0 amide bonds. The molecular weight excluding hydrogens is 495 g/mol. The molecule has 0 saturated heterocycles. The topological polar surface area (TPSA) is 125 Å². The summed E-state index contributed by atoms with van der Waals surface area (Å²) < 4.78 is 31.9. The van der Waals surface area contributed by atoms with Crippen molar-refractivity contribution in [1.82, 2.24) is 10.2 Å². The zero-order valence-electron chi connectivity index (χ0n) is 22.0. The van der Waals surface area contributed by atoms with Gasteiger partial charge in [-0.05, 0) is 62.5 Å². The van der Waals surface area contributed by atoms with Crippen LogP contribution in [0.15, 0.2) is 29.2 Å². The average molecular weight is 551 g/mol. The van der Waals surface area contributed by atoms with Crippen molar-refractivity contribution in [3.05, 3.63) is 29.8 Å². The summed E-state index contributed by atoms with van der Waals surface area (Å²) in [7, 11) is -2.32. The number of halogens is 1. The van der Waals surface area contributed by atoms with Gasteiger partial charge in [-0.2, -0.15) is 0 Å². The first kappa shape index (κ1) is 48.3. The Kier molecular flexibility index (Phi) is 42.1. The summed E-state index contributed by atoms with van der Waals surface area (Å²) in [4.78, 5) is 2.22. The van der Waals surface area contributed by atoms with Crippen molar-refractivity contribution in [1.29, 1.82) is 0 Å². The molecule has 0 aliphatic heterocycles. The molecule has 0 fully saturated rings. The first-order valence-corrected chi connectivity index (χ1v) is 12.8. The van der Waals surface area contributed by atoms with Crippen molar-refractivity contribution in [3.63, 3.8) is 0 Å². The van der Waals surface area contributed by atoms with E-state index in [1.807, 2.05) is 7.05 Å². The fourth-order valence-electron chi connectivity index (χ4n) is 2.47. The maximum Gasteiger partial charge on any atom is 1.00 e. The molecule has 208 valence electrons. The Balaban J connectivity index is -0.0000000910. The van der Waals surface area contributed by atoms with E-state index in [1.54, 1.807) is 12.1 Å². The molecule has 2 atom stereocenters. The number of likely N-dealkylation sites (N-methyl/N-ethyl adjacent to an activating group) is 1. The minimum atomic E-state index is -4.30. The van der Waals surface area contributed by atoms with Crippen LogP contribution in [-0.2, 0) is 10.1 Å². The minimum absolute atomic E-state index is 0. The fourth-order valence-corrected chi connectivity index (χ4v) is 2.94. The number of nitrogens with zero attached hydrogens (tertiary/aromatic N) is 1. The summed E-state index contributed by atoms with van der Waals surface area (Å²) in [5.41, 5.74) is 11.8. The molecule has 0 aromatic heterocycles. The van der Waals surface area contributed by atoms with Crippen molar-refractivity contribution in [2.45, 2.75) is 79.5 Å². The van der Waals surface area contributed by atoms with Gasteiger partial charge in [0, 0.05) is 26.2 Å². The Hall–Kier alpha value is 0.260. The van der Waals surface area contributed by atoms with Crippen LogP contribution in [0.1, 0.15) is 80.2 Å². The standard InChI is InChI=1S/C10H14O3S.C8H21N3.C5H13N.2CH4.ClH.Na/c1-3-8(2)9-4-6-10(7-5-9)14(11,12)13;1-3-6-11(7-4-9)8-5-10-2;1-3-5(2)4-6;;;;/h4-8H,3H2,1-2H3,(H,11,12,13);10H,3-9H2,1-2H3;5H,3-4,6H2,1-2H3;2*1H4;1H;/q;;;;;;+1/p-1. The Morgan fingerprint density at radius 3 is 1.77 bits per heavy atom. The second-order valence-corrected chi connectivity index (χ2v) is 9.20. The largest absolute Gasteiger partial charge is 1.00 e. The third-order valence-corrected chi connectivity index (χ3v) is 5.96. The molecule has 0 heterocycles. The van der Waals surface area contributed by atoms with E-state index in [-0.39, 0.29) is 61.7 Å². The molecule has 5 N–H and O–H groups in total. The van der Waals surface area contributed by atoms with E-state index in [2.05, 4.69) is 44.8 Å². The number of hydrogen-bond acceptors (Lipinski definition) is 7. The van der Waals surface area contributed by atoms with Gasteiger partial charge in [0.1, 0.15) is 10.1 Å². The fraction of sp³-hybridized carbons (Fsp3) is 0.760.